The standard InChI is InChI=1S/C13H15N3O2/c14-6-7-15-8-9-16(13(18)12(15)17)10-11-4-2-1-3-5-11/h1-5,8-9H,6-7,10,14H2. The van der Waals surface area contributed by atoms with Gasteiger partial charge in [0.25, 0.3) is 0 Å². The van der Waals surface area contributed by atoms with Gasteiger partial charge in [-0.05, 0) is 5.56 Å². The number of benzene rings is 1. The Morgan fingerprint density at radius 2 is 1.56 bits per heavy atom. The zero-order chi connectivity index (χ0) is 13.0. The number of aromatic nitrogens is 2. The van der Waals surface area contributed by atoms with Gasteiger partial charge in [0.15, 0.2) is 0 Å². The molecule has 0 aliphatic carbocycles. The minimum Gasteiger partial charge on any atom is -0.329 e. The van der Waals surface area contributed by atoms with E-state index in [-0.39, 0.29) is 0 Å². The van der Waals surface area contributed by atoms with E-state index in [0.717, 1.165) is 5.56 Å². The first-order valence-electron chi connectivity index (χ1n) is 5.76. The van der Waals surface area contributed by atoms with Gasteiger partial charge in [-0.3, -0.25) is 9.59 Å². The molecule has 5 nitrogen and oxygen atoms in total. The smallest absolute Gasteiger partial charge is 0.316 e. The maximum Gasteiger partial charge on any atom is 0.316 e. The lowest BCUT2D eigenvalue weighted by atomic mass is 10.2. The molecule has 0 aliphatic rings. The second kappa shape index (κ2) is 5.46. The summed E-state index contributed by atoms with van der Waals surface area (Å²) in [5.74, 6) is 0. The van der Waals surface area contributed by atoms with Gasteiger partial charge in [0.05, 0.1) is 6.54 Å². The minimum absolute atomic E-state index is 0.335. The van der Waals surface area contributed by atoms with Crippen LogP contribution in [0.3, 0.4) is 0 Å². The summed E-state index contributed by atoms with van der Waals surface area (Å²) >= 11 is 0. The molecule has 0 spiro atoms. The molecule has 0 atom stereocenters. The van der Waals surface area contributed by atoms with Crippen LogP contribution >= 0.6 is 0 Å². The highest BCUT2D eigenvalue weighted by atomic mass is 16.2. The third kappa shape index (κ3) is 2.57. The second-order valence-electron chi connectivity index (χ2n) is 4.00. The van der Waals surface area contributed by atoms with Gasteiger partial charge >= 0.3 is 11.1 Å². The van der Waals surface area contributed by atoms with Crippen molar-refractivity contribution in [2.24, 2.45) is 5.73 Å². The monoisotopic (exact) mass is 245 g/mol. The average molecular weight is 245 g/mol. The first kappa shape index (κ1) is 12.3. The fourth-order valence-corrected chi connectivity index (χ4v) is 1.76. The molecule has 0 unspecified atom stereocenters. The predicted octanol–water partition coefficient (Wildman–Crippen LogP) is 0.0170. The molecule has 18 heavy (non-hydrogen) atoms. The molecule has 5 heteroatoms. The van der Waals surface area contributed by atoms with Crippen molar-refractivity contribution in [2.45, 2.75) is 13.1 Å². The Morgan fingerprint density at radius 3 is 2.22 bits per heavy atom. The van der Waals surface area contributed by atoms with Crippen molar-refractivity contribution in [1.82, 2.24) is 9.13 Å². The van der Waals surface area contributed by atoms with Gasteiger partial charge in [-0.25, -0.2) is 0 Å². The molecule has 1 aromatic heterocycles. The largest absolute Gasteiger partial charge is 0.329 e. The van der Waals surface area contributed by atoms with Gasteiger partial charge in [0.1, 0.15) is 0 Å². The Balaban J connectivity index is 2.34. The Labute approximate surface area is 104 Å². The summed E-state index contributed by atoms with van der Waals surface area (Å²) in [5.41, 5.74) is 5.31. The van der Waals surface area contributed by atoms with E-state index in [4.69, 9.17) is 5.73 Å². The van der Waals surface area contributed by atoms with Gasteiger partial charge in [0.2, 0.25) is 0 Å². The molecule has 0 bridgehead atoms. The van der Waals surface area contributed by atoms with Gasteiger partial charge in [0, 0.05) is 25.5 Å². The summed E-state index contributed by atoms with van der Waals surface area (Å²) in [4.78, 5) is 23.6. The first-order valence-corrected chi connectivity index (χ1v) is 5.76. The van der Waals surface area contributed by atoms with E-state index in [2.05, 4.69) is 0 Å². The highest BCUT2D eigenvalue weighted by molar-refractivity contribution is 5.15. The third-order valence-electron chi connectivity index (χ3n) is 2.70. The molecule has 2 N–H and O–H groups in total. The van der Waals surface area contributed by atoms with Gasteiger partial charge in [-0.15, -0.1) is 0 Å². The van der Waals surface area contributed by atoms with Gasteiger partial charge < -0.3 is 14.9 Å². The predicted molar refractivity (Wildman–Crippen MR) is 69.6 cm³/mol. The maximum absolute atomic E-state index is 11.9. The van der Waals surface area contributed by atoms with Crippen LogP contribution in [0.25, 0.3) is 0 Å². The number of rotatable bonds is 4. The van der Waals surface area contributed by atoms with E-state index in [1.807, 2.05) is 30.3 Å². The molecule has 1 heterocycles. The lowest BCUT2D eigenvalue weighted by molar-refractivity contribution is 0.629. The summed E-state index contributed by atoms with van der Waals surface area (Å²) in [5, 5.41) is 0. The molecular formula is C13H15N3O2. The molecule has 0 fully saturated rings. The minimum atomic E-state index is -0.529. The fourth-order valence-electron chi connectivity index (χ4n) is 1.76. The van der Waals surface area contributed by atoms with E-state index in [0.29, 0.717) is 19.6 Å². The zero-order valence-electron chi connectivity index (χ0n) is 9.95. The summed E-state index contributed by atoms with van der Waals surface area (Å²) in [7, 11) is 0. The van der Waals surface area contributed by atoms with Crippen LogP contribution < -0.4 is 16.9 Å². The number of hydrogen-bond donors (Lipinski definition) is 1. The number of nitrogens with two attached hydrogens (primary N) is 1. The maximum atomic E-state index is 11.9. The SMILES string of the molecule is NCCn1ccn(Cc2ccccc2)c(=O)c1=O. The van der Waals surface area contributed by atoms with Crippen molar-refractivity contribution in [1.29, 1.82) is 0 Å². The van der Waals surface area contributed by atoms with Crippen LogP contribution in [0.2, 0.25) is 0 Å². The van der Waals surface area contributed by atoms with Crippen molar-refractivity contribution in [3.63, 3.8) is 0 Å². The van der Waals surface area contributed by atoms with Crippen LogP contribution in [-0.2, 0) is 13.1 Å². The van der Waals surface area contributed by atoms with Crippen LogP contribution in [0.1, 0.15) is 5.56 Å². The Bertz CT molecular complexity index is 629. The molecule has 0 aliphatic heterocycles. The van der Waals surface area contributed by atoms with E-state index in [1.54, 1.807) is 12.4 Å². The summed E-state index contributed by atoms with van der Waals surface area (Å²) in [6.07, 6.45) is 3.21. The molecule has 1 aromatic carbocycles. The van der Waals surface area contributed by atoms with Crippen LogP contribution in [0, 0.1) is 0 Å². The van der Waals surface area contributed by atoms with E-state index in [9.17, 15) is 9.59 Å². The average Bonchev–Trinajstić information content (AvgIpc) is 2.40. The highest BCUT2D eigenvalue weighted by Crippen LogP contribution is 1.99. The van der Waals surface area contributed by atoms with Crippen LogP contribution in [0.15, 0.2) is 52.3 Å². The lowest BCUT2D eigenvalue weighted by Gasteiger charge is -2.08. The Kier molecular flexibility index (Phi) is 3.74. The summed E-state index contributed by atoms with van der Waals surface area (Å²) in [6, 6.07) is 9.53. The van der Waals surface area contributed by atoms with E-state index in [1.165, 1.54) is 9.13 Å². The van der Waals surface area contributed by atoms with Crippen molar-refractivity contribution in [3.8, 4) is 0 Å². The van der Waals surface area contributed by atoms with Crippen molar-refractivity contribution in [2.75, 3.05) is 6.54 Å². The molecule has 0 saturated carbocycles. The van der Waals surface area contributed by atoms with Crippen LogP contribution in [0.5, 0.6) is 0 Å². The quantitative estimate of drug-likeness (QED) is 0.772. The summed E-state index contributed by atoms with van der Waals surface area (Å²) < 4.78 is 2.74. The van der Waals surface area contributed by atoms with Crippen LogP contribution in [-0.4, -0.2) is 15.7 Å². The third-order valence-corrected chi connectivity index (χ3v) is 2.70. The molecule has 2 aromatic rings. The highest BCUT2D eigenvalue weighted by Gasteiger charge is 2.04. The molecule has 0 radical (unpaired) electrons. The summed E-state index contributed by atoms with van der Waals surface area (Å²) in [6.45, 7) is 1.10. The van der Waals surface area contributed by atoms with Crippen molar-refractivity contribution >= 4 is 0 Å². The van der Waals surface area contributed by atoms with Gasteiger partial charge in [-0.2, -0.15) is 0 Å². The zero-order valence-corrected chi connectivity index (χ0v) is 9.95. The number of hydrogen-bond acceptors (Lipinski definition) is 3. The second-order valence-corrected chi connectivity index (χ2v) is 4.00. The molecular weight excluding hydrogens is 230 g/mol. The molecule has 0 amide bonds. The molecule has 2 rings (SSSR count). The van der Waals surface area contributed by atoms with E-state index >= 15 is 0 Å². The van der Waals surface area contributed by atoms with Crippen molar-refractivity contribution < 1.29 is 0 Å². The molecule has 0 saturated heterocycles. The first-order chi connectivity index (χ1) is 8.72. The van der Waals surface area contributed by atoms with Crippen molar-refractivity contribution in [3.05, 3.63) is 69.0 Å². The Hall–Kier alpha value is -2.14. The lowest BCUT2D eigenvalue weighted by Crippen LogP contribution is -2.41. The Morgan fingerprint density at radius 1 is 0.944 bits per heavy atom. The van der Waals surface area contributed by atoms with E-state index < -0.39 is 11.1 Å². The van der Waals surface area contributed by atoms with Crippen LogP contribution in [0.4, 0.5) is 0 Å². The fraction of sp³-hybridized carbons (Fsp3) is 0.231. The normalized spacial score (nSPS) is 10.5. The molecule has 94 valence electrons. The topological polar surface area (TPSA) is 70.0 Å². The van der Waals surface area contributed by atoms with Gasteiger partial charge in [-0.1, -0.05) is 30.3 Å². The number of nitrogens with zero attached hydrogens (tertiary/aromatic N) is 2.